The average Bonchev–Trinajstić information content (AvgIpc) is 2.72. The highest BCUT2D eigenvalue weighted by Gasteiger charge is 2.12. The summed E-state index contributed by atoms with van der Waals surface area (Å²) in [4.78, 5) is 7.91. The van der Waals surface area contributed by atoms with Crippen molar-refractivity contribution >= 4 is 28.3 Å². The number of nitrogens with two attached hydrogens (primary N) is 1. The van der Waals surface area contributed by atoms with Crippen LogP contribution in [0.15, 0.2) is 30.3 Å². The van der Waals surface area contributed by atoms with E-state index in [1.807, 2.05) is 12.1 Å². The molecule has 3 rings (SSSR count). The quantitative estimate of drug-likeness (QED) is 0.655. The number of aromatic nitrogens is 2. The Labute approximate surface area is 116 Å². The van der Waals surface area contributed by atoms with Gasteiger partial charge in [-0.05, 0) is 37.1 Å². The molecule has 0 amide bonds. The molecule has 0 aliphatic heterocycles. The fourth-order valence-corrected chi connectivity index (χ4v) is 2.64. The van der Waals surface area contributed by atoms with E-state index in [4.69, 9.17) is 17.3 Å². The normalized spacial score (nSPS) is 11.1. The largest absolute Gasteiger partial charge is 0.397 e. The van der Waals surface area contributed by atoms with Gasteiger partial charge in [-0.1, -0.05) is 29.8 Å². The number of aromatic amines is 1. The Hall–Kier alpha value is -2.00. The smallest absolute Gasteiger partial charge is 0.139 e. The number of imidazole rings is 1. The molecule has 0 atom stereocenters. The van der Waals surface area contributed by atoms with Crippen molar-refractivity contribution in [1.82, 2.24) is 9.97 Å². The number of benzene rings is 2. The van der Waals surface area contributed by atoms with Crippen molar-refractivity contribution < 1.29 is 0 Å². The van der Waals surface area contributed by atoms with Crippen molar-refractivity contribution in [3.8, 4) is 11.4 Å². The highest BCUT2D eigenvalue weighted by atomic mass is 35.5. The molecule has 0 saturated carbocycles. The molecule has 0 radical (unpaired) electrons. The van der Waals surface area contributed by atoms with Crippen LogP contribution >= 0.6 is 11.6 Å². The molecule has 4 heteroatoms. The van der Waals surface area contributed by atoms with Crippen LogP contribution in [0, 0.1) is 13.8 Å². The average molecular weight is 272 g/mol. The number of nitrogens with one attached hydrogen (secondary N) is 1. The molecule has 96 valence electrons. The molecule has 3 nitrogen and oxygen atoms in total. The lowest BCUT2D eigenvalue weighted by Gasteiger charge is -2.05. The SMILES string of the molecule is Cc1cccc(C)c1-c1nc2c(N)cc(Cl)cc2[nH]1. The van der Waals surface area contributed by atoms with E-state index in [0.29, 0.717) is 10.7 Å². The molecule has 3 N–H and O–H groups in total. The number of anilines is 1. The first-order valence-electron chi connectivity index (χ1n) is 6.07. The Morgan fingerprint density at radius 1 is 1.16 bits per heavy atom. The standard InChI is InChI=1S/C15H14ClN3/c1-8-4-3-5-9(2)13(8)15-18-12-7-10(16)6-11(17)14(12)19-15/h3-7H,17H2,1-2H3,(H,18,19). The summed E-state index contributed by atoms with van der Waals surface area (Å²) in [6, 6.07) is 9.76. The van der Waals surface area contributed by atoms with Crippen LogP contribution in [0.25, 0.3) is 22.4 Å². The van der Waals surface area contributed by atoms with E-state index >= 15 is 0 Å². The van der Waals surface area contributed by atoms with E-state index in [1.54, 1.807) is 6.07 Å². The van der Waals surface area contributed by atoms with Gasteiger partial charge in [0.1, 0.15) is 11.3 Å². The number of fused-ring (bicyclic) bond motifs is 1. The van der Waals surface area contributed by atoms with Crippen molar-refractivity contribution in [3.05, 3.63) is 46.5 Å². The second-order valence-corrected chi connectivity index (χ2v) is 5.18. The first kappa shape index (κ1) is 12.1. The maximum atomic E-state index is 6.01. The minimum atomic E-state index is 0.594. The number of halogens is 1. The van der Waals surface area contributed by atoms with Crippen LogP contribution in [-0.4, -0.2) is 9.97 Å². The molecule has 0 bridgehead atoms. The third-order valence-corrected chi connectivity index (χ3v) is 3.52. The predicted molar refractivity (Wildman–Crippen MR) is 80.4 cm³/mol. The second kappa shape index (κ2) is 4.28. The summed E-state index contributed by atoms with van der Waals surface area (Å²) in [7, 11) is 0. The maximum Gasteiger partial charge on any atom is 0.139 e. The Balaban J connectivity index is 2.30. The summed E-state index contributed by atoms with van der Waals surface area (Å²) >= 11 is 6.01. The summed E-state index contributed by atoms with van der Waals surface area (Å²) < 4.78 is 0. The predicted octanol–water partition coefficient (Wildman–Crippen LogP) is 4.08. The van der Waals surface area contributed by atoms with E-state index in [9.17, 15) is 0 Å². The second-order valence-electron chi connectivity index (χ2n) is 4.74. The summed E-state index contributed by atoms with van der Waals surface area (Å²) in [5.41, 5.74) is 11.7. The van der Waals surface area contributed by atoms with Crippen LogP contribution < -0.4 is 5.73 Å². The van der Waals surface area contributed by atoms with Gasteiger partial charge in [-0.3, -0.25) is 0 Å². The maximum absolute atomic E-state index is 6.01. The number of H-pyrrole nitrogens is 1. The van der Waals surface area contributed by atoms with Gasteiger partial charge in [0.25, 0.3) is 0 Å². The number of aryl methyl sites for hydroxylation is 2. The van der Waals surface area contributed by atoms with Gasteiger partial charge >= 0.3 is 0 Å². The first-order valence-corrected chi connectivity index (χ1v) is 6.45. The number of nitrogens with zero attached hydrogens (tertiary/aromatic N) is 1. The van der Waals surface area contributed by atoms with Crippen molar-refractivity contribution in [3.63, 3.8) is 0 Å². The molecule has 0 fully saturated rings. The van der Waals surface area contributed by atoms with Crippen molar-refractivity contribution in [2.24, 2.45) is 0 Å². The third-order valence-electron chi connectivity index (χ3n) is 3.30. The van der Waals surface area contributed by atoms with E-state index in [-0.39, 0.29) is 0 Å². The van der Waals surface area contributed by atoms with Gasteiger partial charge in [-0.2, -0.15) is 0 Å². The molecule has 1 heterocycles. The third kappa shape index (κ3) is 1.96. The van der Waals surface area contributed by atoms with Gasteiger partial charge in [0.2, 0.25) is 0 Å². The van der Waals surface area contributed by atoms with Gasteiger partial charge in [0, 0.05) is 10.6 Å². The molecular weight excluding hydrogens is 258 g/mol. The van der Waals surface area contributed by atoms with Crippen molar-refractivity contribution in [1.29, 1.82) is 0 Å². The Bertz CT molecular complexity index is 754. The van der Waals surface area contributed by atoms with Gasteiger partial charge < -0.3 is 10.7 Å². The number of rotatable bonds is 1. The number of hydrogen-bond donors (Lipinski definition) is 2. The molecule has 1 aromatic heterocycles. The molecule has 0 aliphatic rings. The topological polar surface area (TPSA) is 54.7 Å². The van der Waals surface area contributed by atoms with Crippen molar-refractivity contribution in [2.45, 2.75) is 13.8 Å². The fourth-order valence-electron chi connectivity index (χ4n) is 2.41. The highest BCUT2D eigenvalue weighted by molar-refractivity contribution is 6.31. The zero-order valence-electron chi connectivity index (χ0n) is 10.8. The molecular formula is C15H14ClN3. The Morgan fingerprint density at radius 3 is 2.53 bits per heavy atom. The Kier molecular flexibility index (Phi) is 2.72. The zero-order chi connectivity index (χ0) is 13.6. The minimum Gasteiger partial charge on any atom is -0.397 e. The fraction of sp³-hybridized carbons (Fsp3) is 0.133. The number of nitrogen functional groups attached to an aromatic ring is 1. The summed E-state index contributed by atoms with van der Waals surface area (Å²) in [6.45, 7) is 4.15. The van der Waals surface area contributed by atoms with Crippen molar-refractivity contribution in [2.75, 3.05) is 5.73 Å². The zero-order valence-corrected chi connectivity index (χ0v) is 11.5. The number of hydrogen-bond acceptors (Lipinski definition) is 2. The molecule has 0 spiro atoms. The lowest BCUT2D eigenvalue weighted by molar-refractivity contribution is 1.27. The van der Waals surface area contributed by atoms with Gasteiger partial charge in [0.05, 0.1) is 11.2 Å². The van der Waals surface area contributed by atoms with Gasteiger partial charge in [-0.25, -0.2) is 4.98 Å². The first-order chi connectivity index (χ1) is 9.06. The van der Waals surface area contributed by atoms with E-state index in [0.717, 1.165) is 22.4 Å². The van der Waals surface area contributed by atoms with E-state index < -0.39 is 0 Å². The van der Waals surface area contributed by atoms with Crippen LogP contribution in [0.4, 0.5) is 5.69 Å². The lowest BCUT2D eigenvalue weighted by atomic mass is 10.0. The summed E-state index contributed by atoms with van der Waals surface area (Å²) in [5.74, 6) is 0.833. The van der Waals surface area contributed by atoms with Crippen LogP contribution in [0.1, 0.15) is 11.1 Å². The molecule has 19 heavy (non-hydrogen) atoms. The lowest BCUT2D eigenvalue weighted by Crippen LogP contribution is -1.89. The molecule has 0 unspecified atom stereocenters. The van der Waals surface area contributed by atoms with E-state index in [2.05, 4.69) is 35.9 Å². The highest BCUT2D eigenvalue weighted by Crippen LogP contribution is 2.30. The summed E-state index contributed by atoms with van der Waals surface area (Å²) in [5, 5.41) is 0.613. The van der Waals surface area contributed by atoms with Gasteiger partial charge in [-0.15, -0.1) is 0 Å². The molecule has 0 aliphatic carbocycles. The van der Waals surface area contributed by atoms with Gasteiger partial charge in [0.15, 0.2) is 0 Å². The monoisotopic (exact) mass is 271 g/mol. The molecule has 3 aromatic rings. The van der Waals surface area contributed by atoms with Crippen LogP contribution in [0.3, 0.4) is 0 Å². The van der Waals surface area contributed by atoms with Crippen LogP contribution in [0.5, 0.6) is 0 Å². The summed E-state index contributed by atoms with van der Waals surface area (Å²) in [6.07, 6.45) is 0. The molecule has 0 saturated heterocycles. The van der Waals surface area contributed by atoms with E-state index in [1.165, 1.54) is 11.1 Å². The minimum absolute atomic E-state index is 0.594. The molecule has 2 aromatic carbocycles. The van der Waals surface area contributed by atoms with Crippen LogP contribution in [-0.2, 0) is 0 Å². The Morgan fingerprint density at radius 2 is 1.84 bits per heavy atom. The van der Waals surface area contributed by atoms with Crippen LogP contribution in [0.2, 0.25) is 5.02 Å².